The quantitative estimate of drug-likeness (QED) is 0.0616. The van der Waals surface area contributed by atoms with Crippen LogP contribution in [0.2, 0.25) is 0 Å². The van der Waals surface area contributed by atoms with Crippen LogP contribution < -0.4 is 5.73 Å². The van der Waals surface area contributed by atoms with Crippen LogP contribution in [0.4, 0.5) is 0 Å². The summed E-state index contributed by atoms with van der Waals surface area (Å²) in [7, 11) is 0. The number of carboxylic acids is 1. The Morgan fingerprint density at radius 1 is 0.827 bits per heavy atom. The first-order chi connectivity index (χ1) is 24.4. The van der Waals surface area contributed by atoms with Crippen LogP contribution in [0.15, 0.2) is 0 Å². The minimum Gasteiger partial charge on any atom is -0.477 e. The number of carboxylic acid groups (broad SMARTS) is 1. The van der Waals surface area contributed by atoms with E-state index in [-0.39, 0.29) is 0 Å². The first kappa shape index (κ1) is 45.1. The SMILES string of the molecule is CC1C(O)[C@H](O[C@@H]2OC(CO)[C@H](O)C(O[C@]3(C(=O)O)C[C@@H](O)[C@@H](N)C([C@H](O)C(O)CO)O3)[C@@H]2O)[C@H](CO)O[C@H]1O[C@H](C)[C@@H](C)OC(CO)[C@@H](O)CO. The molecule has 15 N–H and O–H groups in total. The van der Waals surface area contributed by atoms with E-state index in [1.165, 1.54) is 6.92 Å². The fourth-order valence-electron chi connectivity index (χ4n) is 6.15. The van der Waals surface area contributed by atoms with Gasteiger partial charge in [-0.2, -0.15) is 0 Å². The van der Waals surface area contributed by atoms with Crippen molar-refractivity contribution < 1.29 is 104 Å². The molecule has 3 fully saturated rings. The monoisotopic (exact) mass is 765 g/mol. The van der Waals surface area contributed by atoms with E-state index in [1.54, 1.807) is 13.8 Å². The van der Waals surface area contributed by atoms with Crippen molar-refractivity contribution in [3.63, 3.8) is 0 Å². The first-order valence-corrected chi connectivity index (χ1v) is 16.8. The van der Waals surface area contributed by atoms with Crippen LogP contribution in [0, 0.1) is 5.92 Å². The zero-order chi connectivity index (χ0) is 39.2. The number of hydrogen-bond donors (Lipinski definition) is 14. The van der Waals surface area contributed by atoms with Gasteiger partial charge >= 0.3 is 5.97 Å². The predicted molar refractivity (Wildman–Crippen MR) is 166 cm³/mol. The maximum absolute atomic E-state index is 12.6. The Morgan fingerprint density at radius 3 is 1.96 bits per heavy atom. The first-order valence-electron chi connectivity index (χ1n) is 16.8. The van der Waals surface area contributed by atoms with E-state index < -0.39 is 167 Å². The van der Waals surface area contributed by atoms with Gasteiger partial charge in [0.2, 0.25) is 0 Å². The Balaban J connectivity index is 1.81. The second kappa shape index (κ2) is 19.5. The molecular formula is C30H55NO21. The lowest BCUT2D eigenvalue weighted by molar-refractivity contribution is -0.385. The summed E-state index contributed by atoms with van der Waals surface area (Å²) < 4.78 is 39.9. The molecule has 0 aromatic heterocycles. The van der Waals surface area contributed by atoms with Gasteiger partial charge in [0, 0.05) is 12.3 Å². The van der Waals surface area contributed by atoms with E-state index in [4.69, 9.17) is 38.9 Å². The molecule has 52 heavy (non-hydrogen) atoms. The summed E-state index contributed by atoms with van der Waals surface area (Å²) in [6, 6.07) is -1.49. The Kier molecular flexibility index (Phi) is 16.9. The standard InChI is InChI=1S/C30H55NO21/c1-10-20(40)24(18(9-36)49-27(10)47-12(3)11(2)46-16(7-34)14(38)5-32)50-28-23(43)26(22(42)17(8-35)48-28)52-30(29(44)45)4-13(37)19(31)25(51-30)21(41)15(39)6-33/h10-28,32-43H,4-9,31H2,1-3H3,(H,44,45)/t10?,11-,12-,13-,14+,15?,16?,17?,18+,19-,20?,21-,22+,23+,24-,25?,26?,27-,28+,30+/m1/s1. The van der Waals surface area contributed by atoms with Gasteiger partial charge in [-0.05, 0) is 13.8 Å². The highest BCUT2D eigenvalue weighted by Gasteiger charge is 2.59. The molecule has 0 saturated carbocycles. The third-order valence-corrected chi connectivity index (χ3v) is 9.67. The van der Waals surface area contributed by atoms with Crippen molar-refractivity contribution in [3.8, 4) is 0 Å². The Hall–Kier alpha value is -1.33. The maximum Gasteiger partial charge on any atom is 0.364 e. The van der Waals surface area contributed by atoms with Gasteiger partial charge in [0.1, 0.15) is 67.1 Å². The maximum atomic E-state index is 12.6. The molecule has 20 atom stereocenters. The summed E-state index contributed by atoms with van der Waals surface area (Å²) in [6.45, 7) is 0.648. The summed E-state index contributed by atoms with van der Waals surface area (Å²) in [4.78, 5) is 12.6. The largest absolute Gasteiger partial charge is 0.477 e. The molecule has 3 aliphatic rings. The van der Waals surface area contributed by atoms with E-state index >= 15 is 0 Å². The van der Waals surface area contributed by atoms with Gasteiger partial charge in [-0.25, -0.2) is 4.79 Å². The van der Waals surface area contributed by atoms with Crippen LogP contribution in [-0.2, 0) is 38.0 Å². The van der Waals surface area contributed by atoms with Crippen molar-refractivity contribution in [1.29, 1.82) is 0 Å². The third kappa shape index (κ3) is 9.90. The molecule has 0 aromatic rings. The van der Waals surface area contributed by atoms with Crippen molar-refractivity contribution in [2.75, 3.05) is 33.0 Å². The molecule has 0 bridgehead atoms. The molecule has 3 saturated heterocycles. The molecule has 3 aliphatic heterocycles. The van der Waals surface area contributed by atoms with Crippen LogP contribution in [0.25, 0.3) is 0 Å². The van der Waals surface area contributed by atoms with Gasteiger partial charge in [-0.3, -0.25) is 0 Å². The van der Waals surface area contributed by atoms with E-state index in [0.29, 0.717) is 0 Å². The van der Waals surface area contributed by atoms with Gasteiger partial charge in [-0.1, -0.05) is 6.92 Å². The summed E-state index contributed by atoms with van der Waals surface area (Å²) in [6.07, 6.45) is -27.8. The third-order valence-electron chi connectivity index (χ3n) is 9.67. The number of carbonyl (C=O) groups is 1. The van der Waals surface area contributed by atoms with Crippen LogP contribution >= 0.6 is 0 Å². The fourth-order valence-corrected chi connectivity index (χ4v) is 6.15. The molecule has 22 nitrogen and oxygen atoms in total. The zero-order valence-electron chi connectivity index (χ0n) is 28.9. The van der Waals surface area contributed by atoms with Crippen LogP contribution in [0.1, 0.15) is 27.2 Å². The molecule has 3 rings (SSSR count). The molecule has 0 amide bonds. The van der Waals surface area contributed by atoms with Crippen molar-refractivity contribution in [1.82, 2.24) is 0 Å². The Morgan fingerprint density at radius 2 is 1.42 bits per heavy atom. The van der Waals surface area contributed by atoms with E-state index in [1.807, 2.05) is 0 Å². The van der Waals surface area contributed by atoms with E-state index in [2.05, 4.69) is 0 Å². The second-order valence-electron chi connectivity index (χ2n) is 13.3. The highest BCUT2D eigenvalue weighted by molar-refractivity contribution is 5.76. The highest BCUT2D eigenvalue weighted by atomic mass is 16.8. The summed E-state index contributed by atoms with van der Waals surface area (Å²) in [5, 5.41) is 133. The summed E-state index contributed by atoms with van der Waals surface area (Å²) in [5.74, 6) is -5.78. The topological polar surface area (TPSA) is 371 Å². The average molecular weight is 766 g/mol. The highest BCUT2D eigenvalue weighted by Crippen LogP contribution is 2.38. The number of ether oxygens (including phenoxy) is 7. The second-order valence-corrected chi connectivity index (χ2v) is 13.3. The molecule has 7 unspecified atom stereocenters. The molecular weight excluding hydrogens is 710 g/mol. The molecule has 0 radical (unpaired) electrons. The van der Waals surface area contributed by atoms with E-state index in [9.17, 15) is 71.2 Å². The molecule has 0 aromatic carbocycles. The van der Waals surface area contributed by atoms with Crippen molar-refractivity contribution in [3.05, 3.63) is 0 Å². The van der Waals surface area contributed by atoms with Crippen LogP contribution in [-0.4, -0.2) is 221 Å². The lowest BCUT2D eigenvalue weighted by Gasteiger charge is -2.50. The van der Waals surface area contributed by atoms with Gasteiger partial charge in [-0.15, -0.1) is 0 Å². The minimum absolute atomic E-state index is 0.604. The van der Waals surface area contributed by atoms with Crippen LogP contribution in [0.3, 0.4) is 0 Å². The number of aliphatic hydroxyl groups excluding tert-OH is 12. The number of aliphatic hydroxyl groups is 12. The van der Waals surface area contributed by atoms with Crippen molar-refractivity contribution >= 4 is 5.97 Å². The van der Waals surface area contributed by atoms with Gasteiger partial charge in [0.15, 0.2) is 12.6 Å². The van der Waals surface area contributed by atoms with Crippen molar-refractivity contribution in [2.24, 2.45) is 11.7 Å². The Labute approximate surface area is 298 Å². The van der Waals surface area contributed by atoms with E-state index in [0.717, 1.165) is 0 Å². The number of hydrogen-bond acceptors (Lipinski definition) is 21. The number of aliphatic carboxylic acids is 1. The Bertz CT molecular complexity index is 1090. The molecule has 306 valence electrons. The summed E-state index contributed by atoms with van der Waals surface area (Å²) >= 11 is 0. The normalized spacial score (nSPS) is 42.2. The van der Waals surface area contributed by atoms with Gasteiger partial charge in [0.05, 0.1) is 63.5 Å². The molecule has 22 heteroatoms. The minimum atomic E-state index is -2.95. The smallest absolute Gasteiger partial charge is 0.364 e. The average Bonchev–Trinajstić information content (AvgIpc) is 3.12. The predicted octanol–water partition coefficient (Wildman–Crippen LogP) is -7.59. The number of rotatable bonds is 18. The van der Waals surface area contributed by atoms with Crippen LogP contribution in [0.5, 0.6) is 0 Å². The van der Waals surface area contributed by atoms with Crippen molar-refractivity contribution in [2.45, 2.75) is 143 Å². The van der Waals surface area contributed by atoms with Gasteiger partial charge < -0.3 is 105 Å². The number of nitrogens with two attached hydrogens (primary N) is 1. The van der Waals surface area contributed by atoms with Gasteiger partial charge in [0.25, 0.3) is 5.79 Å². The fraction of sp³-hybridized carbons (Fsp3) is 0.967. The molecule has 0 aliphatic carbocycles. The lowest BCUT2D eigenvalue weighted by Crippen LogP contribution is -2.70. The molecule has 0 spiro atoms. The molecule has 3 heterocycles. The summed E-state index contributed by atoms with van der Waals surface area (Å²) in [5.41, 5.74) is 5.89. The lowest BCUT2D eigenvalue weighted by atomic mass is 9.88. The zero-order valence-corrected chi connectivity index (χ0v) is 28.9.